The maximum absolute atomic E-state index is 12.9. The lowest BCUT2D eigenvalue weighted by atomic mass is 9.84. The molecule has 1 aliphatic carbocycles. The fourth-order valence-electron chi connectivity index (χ4n) is 1.67. The van der Waals surface area contributed by atoms with Crippen LogP contribution in [0.3, 0.4) is 0 Å². The summed E-state index contributed by atoms with van der Waals surface area (Å²) in [5.41, 5.74) is 0. The molecule has 2 heteroatoms. The van der Waals surface area contributed by atoms with Gasteiger partial charge < -0.3 is 0 Å². The van der Waals surface area contributed by atoms with Gasteiger partial charge in [-0.05, 0) is 25.7 Å². The van der Waals surface area contributed by atoms with Crippen LogP contribution in [0, 0.1) is 5.92 Å². The molecule has 2 atom stereocenters. The third-order valence-electron chi connectivity index (χ3n) is 2.36. The monoisotopic (exact) mass is 148 g/mol. The minimum Gasteiger partial charge on any atom is -0.247 e. The Morgan fingerprint density at radius 3 is 2.00 bits per heavy atom. The molecule has 0 nitrogen and oxygen atoms in total. The first-order valence-electron chi connectivity index (χ1n) is 4.03. The molecule has 0 aromatic carbocycles. The summed E-state index contributed by atoms with van der Waals surface area (Å²) in [6, 6.07) is 0. The first-order chi connectivity index (χ1) is 4.75. The molecule has 0 spiro atoms. The number of rotatable bonds is 1. The van der Waals surface area contributed by atoms with Gasteiger partial charge in [0.05, 0.1) is 0 Å². The summed E-state index contributed by atoms with van der Waals surface area (Å²) in [6.07, 6.45) is 0.737. The van der Waals surface area contributed by atoms with Gasteiger partial charge in [-0.1, -0.05) is 6.92 Å². The molecule has 1 fully saturated rings. The van der Waals surface area contributed by atoms with E-state index >= 15 is 0 Å². The van der Waals surface area contributed by atoms with Gasteiger partial charge in [0, 0.05) is 5.92 Å². The third kappa shape index (κ3) is 1.47. The minimum atomic E-state index is -0.881. The van der Waals surface area contributed by atoms with Crippen LogP contribution in [0.2, 0.25) is 0 Å². The second kappa shape index (κ2) is 3.31. The van der Waals surface area contributed by atoms with Crippen molar-refractivity contribution < 1.29 is 8.78 Å². The van der Waals surface area contributed by atoms with E-state index in [0.29, 0.717) is 19.3 Å². The van der Waals surface area contributed by atoms with Crippen LogP contribution in [-0.4, -0.2) is 12.3 Å². The summed E-state index contributed by atoms with van der Waals surface area (Å²) in [6.45, 7) is 1.86. The second-order valence-electron chi connectivity index (χ2n) is 3.03. The Balaban J connectivity index is 2.45. The van der Waals surface area contributed by atoms with Gasteiger partial charge in [0.1, 0.15) is 12.3 Å². The summed E-state index contributed by atoms with van der Waals surface area (Å²) >= 11 is 0. The highest BCUT2D eigenvalue weighted by Crippen LogP contribution is 2.31. The van der Waals surface area contributed by atoms with Gasteiger partial charge in [-0.25, -0.2) is 8.78 Å². The Morgan fingerprint density at radius 1 is 1.20 bits per heavy atom. The molecule has 1 saturated carbocycles. The van der Waals surface area contributed by atoms with E-state index < -0.39 is 12.3 Å². The lowest BCUT2D eigenvalue weighted by molar-refractivity contribution is 0.0734. The molecule has 1 rings (SSSR count). The number of halogens is 2. The standard InChI is InChI=1S/C8H14F2/c1-2-6-7(9)4-3-5-8(6)10/h6-8H,2-5H2,1H3. The molecule has 0 heterocycles. The second-order valence-corrected chi connectivity index (χ2v) is 3.03. The van der Waals surface area contributed by atoms with Crippen molar-refractivity contribution in [3.05, 3.63) is 0 Å². The van der Waals surface area contributed by atoms with E-state index in [2.05, 4.69) is 0 Å². The number of alkyl halides is 2. The Labute approximate surface area is 60.6 Å². The van der Waals surface area contributed by atoms with Gasteiger partial charge in [0.15, 0.2) is 0 Å². The molecule has 0 aliphatic heterocycles. The van der Waals surface area contributed by atoms with Crippen LogP contribution in [0.25, 0.3) is 0 Å². The van der Waals surface area contributed by atoms with Crippen LogP contribution in [0.1, 0.15) is 32.6 Å². The molecule has 0 aromatic heterocycles. The molecular weight excluding hydrogens is 134 g/mol. The Morgan fingerprint density at radius 2 is 1.70 bits per heavy atom. The summed E-state index contributed by atoms with van der Waals surface area (Å²) in [5, 5.41) is 0. The summed E-state index contributed by atoms with van der Waals surface area (Å²) < 4.78 is 25.7. The average molecular weight is 148 g/mol. The van der Waals surface area contributed by atoms with Crippen molar-refractivity contribution in [3.63, 3.8) is 0 Å². The van der Waals surface area contributed by atoms with Crippen LogP contribution >= 0.6 is 0 Å². The quantitative estimate of drug-likeness (QED) is 0.536. The van der Waals surface area contributed by atoms with Crippen molar-refractivity contribution in [1.29, 1.82) is 0 Å². The molecule has 10 heavy (non-hydrogen) atoms. The predicted molar refractivity (Wildman–Crippen MR) is 37.4 cm³/mol. The molecule has 0 amide bonds. The largest absolute Gasteiger partial charge is 0.247 e. The smallest absolute Gasteiger partial charge is 0.106 e. The van der Waals surface area contributed by atoms with Crippen LogP contribution in [0.4, 0.5) is 8.78 Å². The number of hydrogen-bond acceptors (Lipinski definition) is 0. The van der Waals surface area contributed by atoms with Gasteiger partial charge >= 0.3 is 0 Å². The van der Waals surface area contributed by atoms with Crippen molar-refractivity contribution in [2.24, 2.45) is 5.92 Å². The SMILES string of the molecule is CCC1C(F)CCCC1F. The Bertz CT molecular complexity index is 93.4. The van der Waals surface area contributed by atoms with Gasteiger partial charge in [0.2, 0.25) is 0 Å². The van der Waals surface area contributed by atoms with Crippen molar-refractivity contribution >= 4 is 0 Å². The van der Waals surface area contributed by atoms with E-state index in [4.69, 9.17) is 0 Å². The fraction of sp³-hybridized carbons (Fsp3) is 1.00. The lowest BCUT2D eigenvalue weighted by Gasteiger charge is -2.28. The molecular formula is C8H14F2. The van der Waals surface area contributed by atoms with Crippen molar-refractivity contribution in [2.45, 2.75) is 45.0 Å². The molecule has 0 aromatic rings. The topological polar surface area (TPSA) is 0 Å². The van der Waals surface area contributed by atoms with Gasteiger partial charge in [-0.3, -0.25) is 0 Å². The first-order valence-corrected chi connectivity index (χ1v) is 4.03. The van der Waals surface area contributed by atoms with Crippen LogP contribution < -0.4 is 0 Å². The van der Waals surface area contributed by atoms with Gasteiger partial charge in [-0.2, -0.15) is 0 Å². The van der Waals surface area contributed by atoms with E-state index in [9.17, 15) is 8.78 Å². The average Bonchev–Trinajstić information content (AvgIpc) is 1.88. The summed E-state index contributed by atoms with van der Waals surface area (Å²) in [4.78, 5) is 0. The zero-order valence-electron chi connectivity index (χ0n) is 6.32. The lowest BCUT2D eigenvalue weighted by Crippen LogP contribution is -2.30. The molecule has 2 unspecified atom stereocenters. The maximum Gasteiger partial charge on any atom is 0.106 e. The van der Waals surface area contributed by atoms with Crippen molar-refractivity contribution in [3.8, 4) is 0 Å². The molecule has 60 valence electrons. The fourth-order valence-corrected chi connectivity index (χ4v) is 1.67. The number of hydrogen-bond donors (Lipinski definition) is 0. The maximum atomic E-state index is 12.9. The van der Waals surface area contributed by atoms with Crippen LogP contribution in [0.15, 0.2) is 0 Å². The molecule has 0 radical (unpaired) electrons. The minimum absolute atomic E-state index is 0.311. The van der Waals surface area contributed by atoms with E-state index in [-0.39, 0.29) is 5.92 Å². The normalized spacial score (nSPS) is 41.7. The Kier molecular flexibility index (Phi) is 2.64. The highest BCUT2D eigenvalue weighted by atomic mass is 19.1. The van der Waals surface area contributed by atoms with E-state index in [1.165, 1.54) is 0 Å². The molecule has 0 N–H and O–H groups in total. The van der Waals surface area contributed by atoms with Gasteiger partial charge in [0.25, 0.3) is 0 Å². The summed E-state index contributed by atoms with van der Waals surface area (Å²) in [5.74, 6) is -0.311. The third-order valence-corrected chi connectivity index (χ3v) is 2.36. The Hall–Kier alpha value is -0.140. The first kappa shape index (κ1) is 7.96. The van der Waals surface area contributed by atoms with Crippen molar-refractivity contribution in [2.75, 3.05) is 0 Å². The zero-order valence-corrected chi connectivity index (χ0v) is 6.32. The van der Waals surface area contributed by atoms with Crippen LogP contribution in [-0.2, 0) is 0 Å². The molecule has 1 aliphatic rings. The highest BCUT2D eigenvalue weighted by molar-refractivity contribution is 4.80. The van der Waals surface area contributed by atoms with Crippen molar-refractivity contribution in [1.82, 2.24) is 0 Å². The predicted octanol–water partition coefficient (Wildman–Crippen LogP) is 2.87. The van der Waals surface area contributed by atoms with E-state index in [1.807, 2.05) is 6.92 Å². The highest BCUT2D eigenvalue weighted by Gasteiger charge is 2.31. The zero-order chi connectivity index (χ0) is 7.56. The van der Waals surface area contributed by atoms with Crippen LogP contribution in [0.5, 0.6) is 0 Å². The molecule has 0 bridgehead atoms. The van der Waals surface area contributed by atoms with Gasteiger partial charge in [-0.15, -0.1) is 0 Å². The molecule has 0 saturated heterocycles. The van der Waals surface area contributed by atoms with E-state index in [0.717, 1.165) is 6.42 Å². The summed E-state index contributed by atoms with van der Waals surface area (Å²) in [7, 11) is 0. The van der Waals surface area contributed by atoms with E-state index in [1.54, 1.807) is 0 Å².